The second-order valence-corrected chi connectivity index (χ2v) is 6.22. The van der Waals surface area contributed by atoms with Gasteiger partial charge in [0.2, 0.25) is 5.91 Å². The highest BCUT2D eigenvalue weighted by atomic mass is 16.6. The molecule has 0 spiro atoms. The number of nitrogens with one attached hydrogen (secondary N) is 1. The first kappa shape index (κ1) is 21.0. The van der Waals surface area contributed by atoms with Gasteiger partial charge in [-0.15, -0.1) is 0 Å². The third-order valence-electron chi connectivity index (χ3n) is 3.51. The maximum atomic E-state index is 12.0. The quantitative estimate of drug-likeness (QED) is 0.408. The van der Waals surface area contributed by atoms with Crippen molar-refractivity contribution in [1.82, 2.24) is 5.43 Å². The smallest absolute Gasteiger partial charge is 0.344 e. The van der Waals surface area contributed by atoms with Crippen LogP contribution in [0.25, 0.3) is 0 Å². The second-order valence-electron chi connectivity index (χ2n) is 6.22. The molecule has 1 N–H and O–H groups in total. The summed E-state index contributed by atoms with van der Waals surface area (Å²) in [5.74, 6) is 0.598. The summed E-state index contributed by atoms with van der Waals surface area (Å²) in [7, 11) is 1.58. The molecule has 1 amide bonds. The van der Waals surface area contributed by atoms with Crippen LogP contribution >= 0.6 is 0 Å². The zero-order valence-corrected chi connectivity index (χ0v) is 16.2. The van der Waals surface area contributed by atoms with E-state index >= 15 is 0 Å². The lowest BCUT2D eigenvalue weighted by atomic mass is 10.1. The Kier molecular flexibility index (Phi) is 8.02. The number of hydrazone groups is 1. The first-order valence-electron chi connectivity index (χ1n) is 8.83. The van der Waals surface area contributed by atoms with Crippen molar-refractivity contribution in [2.45, 2.75) is 26.4 Å². The zero-order chi connectivity index (χ0) is 20.4. The number of benzene rings is 2. The summed E-state index contributed by atoms with van der Waals surface area (Å²) in [5.41, 5.74) is 4.10. The Balaban J connectivity index is 1.78. The van der Waals surface area contributed by atoms with Crippen LogP contribution in [0.15, 0.2) is 53.6 Å². The van der Waals surface area contributed by atoms with Gasteiger partial charge in [0.25, 0.3) is 0 Å². The minimum atomic E-state index is -0.417. The van der Waals surface area contributed by atoms with Crippen LogP contribution in [0.4, 0.5) is 0 Å². The van der Waals surface area contributed by atoms with E-state index in [-0.39, 0.29) is 25.0 Å². The van der Waals surface area contributed by atoms with E-state index in [0.717, 1.165) is 11.1 Å². The van der Waals surface area contributed by atoms with E-state index < -0.39 is 5.97 Å². The number of amides is 1. The zero-order valence-electron chi connectivity index (χ0n) is 16.2. The molecule has 0 unspecified atom stereocenters. The number of rotatable bonds is 9. The molecule has 0 bridgehead atoms. The van der Waals surface area contributed by atoms with Gasteiger partial charge in [-0.2, -0.15) is 5.10 Å². The number of esters is 1. The molecule has 2 aromatic carbocycles. The topological polar surface area (TPSA) is 86.2 Å². The third-order valence-corrected chi connectivity index (χ3v) is 3.51. The van der Waals surface area contributed by atoms with Gasteiger partial charge in [-0.25, -0.2) is 10.2 Å². The van der Waals surface area contributed by atoms with E-state index in [1.54, 1.807) is 51.3 Å². The van der Waals surface area contributed by atoms with Crippen LogP contribution in [0.2, 0.25) is 0 Å². The number of ether oxygens (including phenoxy) is 3. The largest absolute Gasteiger partial charge is 0.497 e. The lowest BCUT2D eigenvalue weighted by Gasteiger charge is -2.09. The minimum absolute atomic E-state index is 0.147. The molecule has 0 aliphatic heterocycles. The summed E-state index contributed by atoms with van der Waals surface area (Å²) in [4.78, 5) is 23.4. The number of hydrogen-bond donors (Lipinski definition) is 1. The Morgan fingerprint density at radius 2 is 1.86 bits per heavy atom. The van der Waals surface area contributed by atoms with E-state index in [2.05, 4.69) is 10.5 Å². The summed E-state index contributed by atoms with van der Waals surface area (Å²) in [6.07, 6.45) is 1.56. The number of methoxy groups -OCH3 is 1. The Morgan fingerprint density at radius 3 is 2.54 bits per heavy atom. The standard InChI is InChI=1S/C21H24N2O5/c1-15(2)28-21(25)14-27-18-9-7-16(8-10-18)13-22-23-20(24)12-17-5-4-6-19(11-17)26-3/h4-11,13,15H,12,14H2,1-3H3,(H,23,24)/b22-13+. The fraction of sp³-hybridized carbons (Fsp3) is 0.286. The van der Waals surface area contributed by atoms with Crippen molar-refractivity contribution in [2.24, 2.45) is 5.10 Å². The van der Waals surface area contributed by atoms with Gasteiger partial charge in [-0.3, -0.25) is 4.79 Å². The van der Waals surface area contributed by atoms with Crippen LogP contribution in [0.3, 0.4) is 0 Å². The molecule has 7 heteroatoms. The molecule has 28 heavy (non-hydrogen) atoms. The fourth-order valence-corrected chi connectivity index (χ4v) is 2.28. The number of carbonyl (C=O) groups is 2. The Labute approximate surface area is 164 Å². The SMILES string of the molecule is COc1cccc(CC(=O)N/N=C/c2ccc(OCC(=O)OC(C)C)cc2)c1. The van der Waals surface area contributed by atoms with Crippen LogP contribution in [0.1, 0.15) is 25.0 Å². The van der Waals surface area contributed by atoms with Crippen molar-refractivity contribution >= 4 is 18.1 Å². The van der Waals surface area contributed by atoms with Crippen molar-refractivity contribution in [2.75, 3.05) is 13.7 Å². The summed E-state index contributed by atoms with van der Waals surface area (Å²) in [6.45, 7) is 3.41. The van der Waals surface area contributed by atoms with Crippen molar-refractivity contribution in [3.8, 4) is 11.5 Å². The lowest BCUT2D eigenvalue weighted by molar-refractivity contribution is -0.149. The molecule has 0 aliphatic carbocycles. The molecule has 0 heterocycles. The van der Waals surface area contributed by atoms with E-state index in [0.29, 0.717) is 11.5 Å². The average molecular weight is 384 g/mol. The summed E-state index contributed by atoms with van der Waals surface area (Å²) in [5, 5.41) is 3.95. The van der Waals surface area contributed by atoms with Crippen LogP contribution in [0, 0.1) is 0 Å². The van der Waals surface area contributed by atoms with Crippen LogP contribution in [-0.2, 0) is 20.7 Å². The molecular formula is C21H24N2O5. The molecule has 2 rings (SSSR count). The predicted octanol–water partition coefficient (Wildman–Crippen LogP) is 2.72. The van der Waals surface area contributed by atoms with Crippen molar-refractivity contribution < 1.29 is 23.8 Å². The molecule has 0 aliphatic rings. The van der Waals surface area contributed by atoms with Gasteiger partial charge in [0.1, 0.15) is 11.5 Å². The van der Waals surface area contributed by atoms with E-state index in [9.17, 15) is 9.59 Å². The molecular weight excluding hydrogens is 360 g/mol. The monoisotopic (exact) mass is 384 g/mol. The molecule has 2 aromatic rings. The predicted molar refractivity (Wildman–Crippen MR) is 106 cm³/mol. The van der Waals surface area contributed by atoms with Crippen LogP contribution in [0.5, 0.6) is 11.5 Å². The van der Waals surface area contributed by atoms with E-state index in [1.165, 1.54) is 6.21 Å². The Hall–Kier alpha value is -3.35. The van der Waals surface area contributed by atoms with E-state index in [1.807, 2.05) is 18.2 Å². The van der Waals surface area contributed by atoms with Gasteiger partial charge in [0, 0.05) is 0 Å². The maximum Gasteiger partial charge on any atom is 0.344 e. The van der Waals surface area contributed by atoms with Crippen molar-refractivity contribution in [1.29, 1.82) is 0 Å². The highest BCUT2D eigenvalue weighted by molar-refractivity contribution is 5.83. The first-order valence-corrected chi connectivity index (χ1v) is 8.83. The van der Waals surface area contributed by atoms with Crippen LogP contribution < -0.4 is 14.9 Å². The highest BCUT2D eigenvalue weighted by Gasteiger charge is 2.06. The third kappa shape index (κ3) is 7.49. The number of carbonyl (C=O) groups excluding carboxylic acids is 2. The minimum Gasteiger partial charge on any atom is -0.497 e. The number of hydrogen-bond acceptors (Lipinski definition) is 6. The fourth-order valence-electron chi connectivity index (χ4n) is 2.28. The molecule has 0 fully saturated rings. The van der Waals surface area contributed by atoms with Gasteiger partial charge < -0.3 is 14.2 Å². The van der Waals surface area contributed by atoms with Gasteiger partial charge >= 0.3 is 5.97 Å². The molecule has 7 nitrogen and oxygen atoms in total. The molecule has 0 atom stereocenters. The molecule has 0 saturated carbocycles. The Morgan fingerprint density at radius 1 is 1.11 bits per heavy atom. The van der Waals surface area contributed by atoms with Gasteiger partial charge in [-0.1, -0.05) is 12.1 Å². The Bertz CT molecular complexity index is 816. The van der Waals surface area contributed by atoms with Gasteiger partial charge in [0.15, 0.2) is 6.61 Å². The normalized spacial score (nSPS) is 10.7. The highest BCUT2D eigenvalue weighted by Crippen LogP contribution is 2.13. The molecule has 148 valence electrons. The summed E-state index contributed by atoms with van der Waals surface area (Å²) in [6, 6.07) is 14.3. The van der Waals surface area contributed by atoms with Gasteiger partial charge in [-0.05, 0) is 61.4 Å². The summed E-state index contributed by atoms with van der Waals surface area (Å²) >= 11 is 0. The van der Waals surface area contributed by atoms with Gasteiger partial charge in [0.05, 0.1) is 25.8 Å². The molecule has 0 aromatic heterocycles. The van der Waals surface area contributed by atoms with Crippen molar-refractivity contribution in [3.05, 3.63) is 59.7 Å². The van der Waals surface area contributed by atoms with E-state index in [4.69, 9.17) is 14.2 Å². The van der Waals surface area contributed by atoms with Crippen LogP contribution in [-0.4, -0.2) is 37.9 Å². The van der Waals surface area contributed by atoms with Crippen molar-refractivity contribution in [3.63, 3.8) is 0 Å². The summed E-state index contributed by atoms with van der Waals surface area (Å²) < 4.78 is 15.5. The number of nitrogens with zero attached hydrogens (tertiary/aromatic N) is 1. The maximum absolute atomic E-state index is 12.0. The lowest BCUT2D eigenvalue weighted by Crippen LogP contribution is -2.19. The molecule has 0 saturated heterocycles. The second kappa shape index (κ2) is 10.7. The molecule has 0 radical (unpaired) electrons. The average Bonchev–Trinajstić information content (AvgIpc) is 2.67. The first-order chi connectivity index (χ1) is 13.5.